The van der Waals surface area contributed by atoms with E-state index in [1.165, 1.54) is 11.3 Å². The van der Waals surface area contributed by atoms with Crippen molar-refractivity contribution >= 4 is 50.2 Å². The Morgan fingerprint density at radius 3 is 2.76 bits per heavy atom. The van der Waals surface area contributed by atoms with E-state index in [2.05, 4.69) is 25.9 Å². The lowest BCUT2D eigenvalue weighted by molar-refractivity contribution is -0.139. The summed E-state index contributed by atoms with van der Waals surface area (Å²) in [6.45, 7) is 3.79. The second-order valence-corrected chi connectivity index (χ2v) is 9.57. The summed E-state index contributed by atoms with van der Waals surface area (Å²) in [6.07, 6.45) is 3.77. The van der Waals surface area contributed by atoms with Gasteiger partial charge in [0, 0.05) is 27.1 Å². The van der Waals surface area contributed by atoms with Crippen molar-refractivity contribution in [2.75, 3.05) is 6.61 Å². The highest BCUT2D eigenvalue weighted by Gasteiger charge is 2.33. The third-order valence-corrected chi connectivity index (χ3v) is 7.12. The maximum atomic E-state index is 13.6. The highest BCUT2D eigenvalue weighted by Crippen LogP contribution is 2.31. The molecule has 1 unspecified atom stereocenters. The van der Waals surface area contributed by atoms with Crippen LogP contribution in [0, 0.1) is 0 Å². The number of allylic oxidation sites excluding steroid dienone is 1. The van der Waals surface area contributed by atoms with Gasteiger partial charge in [-0.1, -0.05) is 57.6 Å². The molecule has 33 heavy (non-hydrogen) atoms. The maximum absolute atomic E-state index is 13.6. The van der Waals surface area contributed by atoms with Crippen LogP contribution in [0.1, 0.15) is 31.0 Å². The highest BCUT2D eigenvalue weighted by molar-refractivity contribution is 9.10. The molecule has 1 aliphatic rings. The number of carbonyl (C=O) groups is 1. The van der Waals surface area contributed by atoms with Crippen LogP contribution in [0.15, 0.2) is 80.3 Å². The van der Waals surface area contributed by atoms with Gasteiger partial charge < -0.3 is 9.72 Å². The first-order chi connectivity index (χ1) is 16.0. The second kappa shape index (κ2) is 8.61. The topological polar surface area (TPSA) is 76.4 Å². The molecule has 5 rings (SSSR count). The minimum Gasteiger partial charge on any atom is -0.463 e. The Balaban J connectivity index is 1.74. The lowest BCUT2D eigenvalue weighted by atomic mass is 9.96. The number of halogens is 1. The van der Waals surface area contributed by atoms with Crippen molar-refractivity contribution in [2.45, 2.75) is 19.9 Å². The van der Waals surface area contributed by atoms with Crippen LogP contribution in [0.25, 0.3) is 17.0 Å². The van der Waals surface area contributed by atoms with E-state index in [0.29, 0.717) is 20.6 Å². The van der Waals surface area contributed by atoms with Crippen LogP contribution in [-0.2, 0) is 9.53 Å². The Morgan fingerprint density at radius 2 is 2.00 bits per heavy atom. The average Bonchev–Trinajstić information content (AvgIpc) is 3.35. The second-order valence-electron chi connectivity index (χ2n) is 7.64. The van der Waals surface area contributed by atoms with E-state index in [4.69, 9.17) is 4.74 Å². The number of carbonyl (C=O) groups excluding carboxylic acids is 1. The molecule has 166 valence electrons. The van der Waals surface area contributed by atoms with Gasteiger partial charge in [0.05, 0.1) is 28.5 Å². The van der Waals surface area contributed by atoms with Crippen LogP contribution in [0.4, 0.5) is 0 Å². The van der Waals surface area contributed by atoms with Gasteiger partial charge >= 0.3 is 5.97 Å². The van der Waals surface area contributed by atoms with Crippen molar-refractivity contribution in [2.24, 2.45) is 4.99 Å². The fourth-order valence-electron chi connectivity index (χ4n) is 4.11. The average molecular weight is 522 g/mol. The number of aromatic nitrogens is 2. The lowest BCUT2D eigenvalue weighted by Crippen LogP contribution is -2.39. The molecule has 0 saturated carbocycles. The minimum absolute atomic E-state index is 0.189. The van der Waals surface area contributed by atoms with E-state index in [0.717, 1.165) is 26.5 Å². The molecular formula is C25H20BrN3O3S. The van der Waals surface area contributed by atoms with Crippen LogP contribution < -0.4 is 14.9 Å². The number of nitrogens with zero attached hydrogens (tertiary/aromatic N) is 2. The molecule has 0 spiro atoms. The van der Waals surface area contributed by atoms with Gasteiger partial charge in [0.2, 0.25) is 0 Å². The summed E-state index contributed by atoms with van der Waals surface area (Å²) < 4.78 is 8.40. The largest absolute Gasteiger partial charge is 0.463 e. The number of hydrogen-bond acceptors (Lipinski definition) is 5. The van der Waals surface area contributed by atoms with Gasteiger partial charge in [0.1, 0.15) is 0 Å². The third kappa shape index (κ3) is 3.79. The van der Waals surface area contributed by atoms with E-state index in [9.17, 15) is 9.59 Å². The molecule has 1 aliphatic heterocycles. The minimum atomic E-state index is -0.612. The molecule has 0 radical (unpaired) electrons. The third-order valence-electron chi connectivity index (χ3n) is 5.61. The van der Waals surface area contributed by atoms with Gasteiger partial charge in [0.25, 0.3) is 5.56 Å². The number of nitrogens with one attached hydrogen (secondary N) is 1. The number of benzene rings is 2. The zero-order valence-corrected chi connectivity index (χ0v) is 20.4. The lowest BCUT2D eigenvalue weighted by Gasteiger charge is -2.24. The number of hydrogen-bond donors (Lipinski definition) is 1. The van der Waals surface area contributed by atoms with Crippen LogP contribution >= 0.6 is 27.3 Å². The Kier molecular flexibility index (Phi) is 5.64. The number of ether oxygens (including phenoxy) is 1. The van der Waals surface area contributed by atoms with Crippen LogP contribution in [0.2, 0.25) is 0 Å². The molecular weight excluding hydrogens is 502 g/mol. The number of H-pyrrole nitrogens is 1. The van der Waals surface area contributed by atoms with Gasteiger partial charge in [0.15, 0.2) is 4.80 Å². The summed E-state index contributed by atoms with van der Waals surface area (Å²) in [7, 11) is 0. The molecule has 1 atom stereocenters. The fraction of sp³-hybridized carbons (Fsp3) is 0.160. The van der Waals surface area contributed by atoms with E-state index in [1.54, 1.807) is 18.4 Å². The molecule has 0 saturated heterocycles. The smallest absolute Gasteiger partial charge is 0.338 e. The Labute approximate surface area is 201 Å². The van der Waals surface area contributed by atoms with Crippen molar-refractivity contribution in [3.8, 4) is 0 Å². The van der Waals surface area contributed by atoms with E-state index >= 15 is 0 Å². The van der Waals surface area contributed by atoms with Gasteiger partial charge in [-0.2, -0.15) is 0 Å². The summed E-state index contributed by atoms with van der Waals surface area (Å²) in [5, 5.41) is 1.04. The first-order valence-corrected chi connectivity index (χ1v) is 12.1. The Hall–Kier alpha value is -3.23. The number of rotatable bonds is 4. The molecule has 0 aliphatic carbocycles. The number of fused-ring (bicyclic) bond motifs is 2. The van der Waals surface area contributed by atoms with Crippen LogP contribution in [-0.4, -0.2) is 22.1 Å². The summed E-state index contributed by atoms with van der Waals surface area (Å²) in [6, 6.07) is 14.9. The van der Waals surface area contributed by atoms with Gasteiger partial charge in [-0.15, -0.1) is 0 Å². The quantitative estimate of drug-likeness (QED) is 0.411. The van der Waals surface area contributed by atoms with Gasteiger partial charge in [-0.25, -0.2) is 9.79 Å². The molecule has 0 fully saturated rings. The molecule has 0 bridgehead atoms. The molecule has 4 aromatic rings. The molecule has 3 heterocycles. The van der Waals surface area contributed by atoms with Crippen LogP contribution in [0.3, 0.4) is 0 Å². The summed E-state index contributed by atoms with van der Waals surface area (Å²) in [4.78, 5) is 35.0. The van der Waals surface area contributed by atoms with Crippen molar-refractivity contribution in [1.82, 2.24) is 9.55 Å². The molecule has 0 amide bonds. The van der Waals surface area contributed by atoms with Crippen molar-refractivity contribution in [3.05, 3.63) is 101 Å². The predicted octanol–water partition coefficient (Wildman–Crippen LogP) is 4.04. The first-order valence-electron chi connectivity index (χ1n) is 10.5. The highest BCUT2D eigenvalue weighted by atomic mass is 79.9. The Morgan fingerprint density at radius 1 is 1.24 bits per heavy atom. The molecule has 8 heteroatoms. The monoisotopic (exact) mass is 521 g/mol. The molecule has 1 N–H and O–H groups in total. The number of thiazole rings is 1. The SMILES string of the molecule is CCOC(=O)C1=C(C)N=c2s/c(=C/c3c[nH]c4ccccc34)c(=O)n2C1c1ccc(Br)cc1. The van der Waals surface area contributed by atoms with E-state index in [1.807, 2.05) is 60.8 Å². The zero-order valence-electron chi connectivity index (χ0n) is 18.0. The zero-order chi connectivity index (χ0) is 23.1. The van der Waals surface area contributed by atoms with Crippen molar-refractivity contribution < 1.29 is 9.53 Å². The normalized spacial score (nSPS) is 16.1. The number of para-hydroxylation sites is 1. The van der Waals surface area contributed by atoms with E-state index < -0.39 is 12.0 Å². The molecule has 6 nitrogen and oxygen atoms in total. The number of esters is 1. The maximum Gasteiger partial charge on any atom is 0.338 e. The molecule has 2 aromatic carbocycles. The van der Waals surface area contributed by atoms with Crippen molar-refractivity contribution in [1.29, 1.82) is 0 Å². The van der Waals surface area contributed by atoms with Crippen molar-refractivity contribution in [3.63, 3.8) is 0 Å². The standard InChI is InChI=1S/C25H20BrN3O3S/c1-3-32-24(31)21-14(2)28-25-29(22(21)15-8-10-17(26)11-9-15)23(30)20(33-25)12-16-13-27-19-7-5-4-6-18(16)19/h4-13,22,27H,3H2,1-2H3/b20-12+. The predicted molar refractivity (Wildman–Crippen MR) is 133 cm³/mol. The van der Waals surface area contributed by atoms with E-state index in [-0.39, 0.29) is 12.2 Å². The summed E-state index contributed by atoms with van der Waals surface area (Å²) >= 11 is 4.78. The van der Waals surface area contributed by atoms with Crippen LogP contribution in [0.5, 0.6) is 0 Å². The van der Waals surface area contributed by atoms with Gasteiger partial charge in [-0.3, -0.25) is 9.36 Å². The number of aromatic amines is 1. The molecule has 2 aromatic heterocycles. The fourth-order valence-corrected chi connectivity index (χ4v) is 5.41. The Bertz CT molecular complexity index is 1590. The first kappa shape index (κ1) is 21.6. The summed E-state index contributed by atoms with van der Waals surface area (Å²) in [5.41, 5.74) is 3.50. The van der Waals surface area contributed by atoms with Gasteiger partial charge in [-0.05, 0) is 43.7 Å². The summed E-state index contributed by atoms with van der Waals surface area (Å²) in [5.74, 6) is -0.461.